The lowest BCUT2D eigenvalue weighted by molar-refractivity contribution is -0.156. The molecule has 1 aromatic carbocycles. The number of amides is 1. The van der Waals surface area contributed by atoms with Gasteiger partial charge in [0, 0.05) is 18.2 Å². The molecule has 28 heavy (non-hydrogen) atoms. The van der Waals surface area contributed by atoms with Crippen LogP contribution in [0.4, 0.5) is 0 Å². The van der Waals surface area contributed by atoms with E-state index in [9.17, 15) is 14.4 Å². The number of esters is 1. The highest BCUT2D eigenvalue weighted by Crippen LogP contribution is 2.23. The molecule has 1 atom stereocenters. The van der Waals surface area contributed by atoms with Gasteiger partial charge in [-0.15, -0.1) is 11.3 Å². The Labute approximate surface area is 165 Å². The predicted molar refractivity (Wildman–Crippen MR) is 105 cm³/mol. The van der Waals surface area contributed by atoms with Crippen LogP contribution in [0.2, 0.25) is 0 Å². The Morgan fingerprint density at radius 2 is 2.04 bits per heavy atom. The first-order chi connectivity index (χ1) is 13.6. The number of hydrogen-bond acceptors (Lipinski definition) is 6. The second kappa shape index (κ2) is 7.93. The van der Waals surface area contributed by atoms with Crippen molar-refractivity contribution in [3.8, 4) is 0 Å². The van der Waals surface area contributed by atoms with Gasteiger partial charge in [-0.25, -0.2) is 4.98 Å². The van der Waals surface area contributed by atoms with E-state index in [0.717, 1.165) is 12.8 Å². The van der Waals surface area contributed by atoms with Gasteiger partial charge in [0.25, 0.3) is 11.5 Å². The SMILES string of the molecule is O=C(CCn1cnc2sccc2c1=O)OC(C(=O)NC1CC1)c1ccccc1. The van der Waals surface area contributed by atoms with E-state index in [1.807, 2.05) is 6.07 Å². The van der Waals surface area contributed by atoms with Gasteiger partial charge in [0.05, 0.1) is 18.1 Å². The molecule has 1 saturated carbocycles. The van der Waals surface area contributed by atoms with Crippen LogP contribution in [-0.2, 0) is 20.9 Å². The Bertz CT molecular complexity index is 1060. The Balaban J connectivity index is 1.44. The third-order valence-corrected chi connectivity index (χ3v) is 5.34. The van der Waals surface area contributed by atoms with Crippen molar-refractivity contribution in [2.24, 2.45) is 0 Å². The van der Waals surface area contributed by atoms with Gasteiger partial charge < -0.3 is 10.1 Å². The van der Waals surface area contributed by atoms with E-state index >= 15 is 0 Å². The van der Waals surface area contributed by atoms with Crippen LogP contribution in [0.1, 0.15) is 30.9 Å². The molecule has 2 heterocycles. The average Bonchev–Trinajstić information content (AvgIpc) is 3.38. The van der Waals surface area contributed by atoms with E-state index in [1.54, 1.807) is 35.7 Å². The summed E-state index contributed by atoms with van der Waals surface area (Å²) in [5, 5.41) is 5.22. The zero-order valence-electron chi connectivity index (χ0n) is 15.0. The predicted octanol–water partition coefficient (Wildman–Crippen LogP) is 2.41. The van der Waals surface area contributed by atoms with Gasteiger partial charge in [-0.1, -0.05) is 30.3 Å². The molecule has 1 fully saturated rings. The number of aromatic nitrogens is 2. The molecule has 2 aromatic heterocycles. The number of aryl methyl sites for hydroxylation is 1. The Morgan fingerprint density at radius 3 is 2.79 bits per heavy atom. The van der Waals surface area contributed by atoms with Crippen LogP contribution < -0.4 is 10.9 Å². The van der Waals surface area contributed by atoms with Crippen molar-refractivity contribution < 1.29 is 14.3 Å². The molecule has 3 aromatic rings. The molecule has 0 radical (unpaired) electrons. The Hall–Kier alpha value is -3.00. The van der Waals surface area contributed by atoms with Crippen molar-refractivity contribution in [1.29, 1.82) is 0 Å². The smallest absolute Gasteiger partial charge is 0.308 e. The molecular formula is C20H19N3O4S. The van der Waals surface area contributed by atoms with Crippen LogP contribution in [-0.4, -0.2) is 27.5 Å². The maximum atomic E-state index is 12.5. The first kappa shape index (κ1) is 18.4. The number of carbonyl (C=O) groups excluding carboxylic acids is 2. The third-order valence-electron chi connectivity index (χ3n) is 4.52. The lowest BCUT2D eigenvalue weighted by atomic mass is 10.1. The van der Waals surface area contributed by atoms with E-state index in [1.165, 1.54) is 22.2 Å². The van der Waals surface area contributed by atoms with Crippen molar-refractivity contribution in [2.45, 2.75) is 38.0 Å². The zero-order valence-corrected chi connectivity index (χ0v) is 15.9. The molecule has 1 unspecified atom stereocenters. The molecule has 0 bridgehead atoms. The molecule has 1 N–H and O–H groups in total. The van der Waals surface area contributed by atoms with Gasteiger partial charge in [0.15, 0.2) is 0 Å². The fraction of sp³-hybridized carbons (Fsp3) is 0.300. The van der Waals surface area contributed by atoms with Crippen LogP contribution in [0.15, 0.2) is 52.9 Å². The highest BCUT2D eigenvalue weighted by Gasteiger charge is 2.30. The number of nitrogens with zero attached hydrogens (tertiary/aromatic N) is 2. The quantitative estimate of drug-likeness (QED) is 0.619. The standard InChI is InChI=1S/C20H19N3O4S/c24-16(8-10-23-12-21-19-15(20(23)26)9-11-28-19)27-17(13-4-2-1-3-5-13)18(25)22-14-6-7-14/h1-5,9,11-12,14,17H,6-8,10H2,(H,22,25). The summed E-state index contributed by atoms with van der Waals surface area (Å²) >= 11 is 1.39. The minimum absolute atomic E-state index is 0.0305. The summed E-state index contributed by atoms with van der Waals surface area (Å²) in [7, 11) is 0. The second-order valence-corrected chi connectivity index (χ2v) is 7.59. The molecule has 8 heteroatoms. The number of benzene rings is 1. The number of rotatable bonds is 7. The number of carbonyl (C=O) groups is 2. The van der Waals surface area contributed by atoms with Crippen LogP contribution in [0.25, 0.3) is 10.2 Å². The summed E-state index contributed by atoms with van der Waals surface area (Å²) in [4.78, 5) is 42.2. The van der Waals surface area contributed by atoms with Crippen LogP contribution in [0, 0.1) is 0 Å². The normalized spacial score (nSPS) is 14.6. The largest absolute Gasteiger partial charge is 0.447 e. The van der Waals surface area contributed by atoms with Crippen molar-refractivity contribution in [2.75, 3.05) is 0 Å². The molecule has 1 aliphatic rings. The number of thiophene rings is 1. The average molecular weight is 397 g/mol. The monoisotopic (exact) mass is 397 g/mol. The van der Waals surface area contributed by atoms with Crippen molar-refractivity contribution in [3.63, 3.8) is 0 Å². The van der Waals surface area contributed by atoms with Gasteiger partial charge in [-0.2, -0.15) is 0 Å². The number of ether oxygens (including phenoxy) is 1. The van der Waals surface area contributed by atoms with Gasteiger partial charge in [-0.05, 0) is 24.3 Å². The first-order valence-corrected chi connectivity index (χ1v) is 9.97. The van der Waals surface area contributed by atoms with Gasteiger partial charge in [0.2, 0.25) is 6.10 Å². The van der Waals surface area contributed by atoms with Crippen molar-refractivity contribution >= 4 is 33.4 Å². The molecule has 7 nitrogen and oxygen atoms in total. The molecule has 1 amide bonds. The second-order valence-electron chi connectivity index (χ2n) is 6.70. The first-order valence-electron chi connectivity index (χ1n) is 9.09. The minimum atomic E-state index is -0.997. The summed E-state index contributed by atoms with van der Waals surface area (Å²) in [6, 6.07) is 10.8. The Kier molecular flexibility index (Phi) is 5.21. The minimum Gasteiger partial charge on any atom is -0.447 e. The van der Waals surface area contributed by atoms with Crippen LogP contribution in [0.5, 0.6) is 0 Å². The summed E-state index contributed by atoms with van der Waals surface area (Å²) in [5.74, 6) is -0.863. The molecular weight excluding hydrogens is 378 g/mol. The number of nitrogens with one attached hydrogen (secondary N) is 1. The summed E-state index contributed by atoms with van der Waals surface area (Å²) in [5.41, 5.74) is 0.428. The fourth-order valence-electron chi connectivity index (χ4n) is 2.86. The van der Waals surface area contributed by atoms with Gasteiger partial charge in [0.1, 0.15) is 4.83 Å². The molecule has 1 aliphatic carbocycles. The van der Waals surface area contributed by atoms with E-state index in [0.29, 0.717) is 15.8 Å². The Morgan fingerprint density at radius 1 is 1.25 bits per heavy atom. The van der Waals surface area contributed by atoms with E-state index in [4.69, 9.17) is 4.74 Å². The summed E-state index contributed by atoms with van der Waals surface area (Å²) in [6.07, 6.45) is 2.30. The van der Waals surface area contributed by atoms with Gasteiger partial charge >= 0.3 is 5.97 Å². The summed E-state index contributed by atoms with van der Waals surface area (Å²) < 4.78 is 6.86. The van der Waals surface area contributed by atoms with E-state index < -0.39 is 12.1 Å². The van der Waals surface area contributed by atoms with Crippen molar-refractivity contribution in [3.05, 3.63) is 64.0 Å². The lowest BCUT2D eigenvalue weighted by Crippen LogP contribution is -2.33. The molecule has 0 spiro atoms. The molecule has 0 aliphatic heterocycles. The maximum Gasteiger partial charge on any atom is 0.308 e. The number of hydrogen-bond donors (Lipinski definition) is 1. The molecule has 0 saturated heterocycles. The highest BCUT2D eigenvalue weighted by molar-refractivity contribution is 7.16. The fourth-order valence-corrected chi connectivity index (χ4v) is 3.58. The topological polar surface area (TPSA) is 90.3 Å². The molecule has 4 rings (SSSR count). The maximum absolute atomic E-state index is 12.5. The lowest BCUT2D eigenvalue weighted by Gasteiger charge is -2.18. The van der Waals surface area contributed by atoms with Crippen LogP contribution >= 0.6 is 11.3 Å². The highest BCUT2D eigenvalue weighted by atomic mass is 32.1. The zero-order chi connectivity index (χ0) is 19.5. The molecule has 144 valence electrons. The van der Waals surface area contributed by atoms with E-state index in [2.05, 4.69) is 10.3 Å². The van der Waals surface area contributed by atoms with Gasteiger partial charge in [-0.3, -0.25) is 19.0 Å². The van der Waals surface area contributed by atoms with Crippen molar-refractivity contribution in [1.82, 2.24) is 14.9 Å². The third kappa shape index (κ3) is 4.12. The summed E-state index contributed by atoms with van der Waals surface area (Å²) in [6.45, 7) is 0.141. The van der Waals surface area contributed by atoms with Crippen LogP contribution in [0.3, 0.4) is 0 Å². The van der Waals surface area contributed by atoms with E-state index in [-0.39, 0.29) is 30.5 Å². The number of fused-ring (bicyclic) bond motifs is 1.